The maximum atomic E-state index is 12.4. The lowest BCUT2D eigenvalue weighted by Crippen LogP contribution is -2.14. The average molecular weight is 346 g/mol. The first-order valence-corrected chi connectivity index (χ1v) is 9.04. The van der Waals surface area contributed by atoms with E-state index < -0.39 is 10.0 Å². The molecule has 0 atom stereocenters. The first-order valence-electron chi connectivity index (χ1n) is 7.55. The van der Waals surface area contributed by atoms with Gasteiger partial charge in [-0.2, -0.15) is 0 Å². The topological polar surface area (TPSA) is 100 Å². The van der Waals surface area contributed by atoms with Gasteiger partial charge in [0.2, 0.25) is 5.91 Å². The molecule has 8 heteroatoms. The normalized spacial score (nSPS) is 14.0. The Hall–Kier alpha value is -2.61. The minimum absolute atomic E-state index is 0.0959. The molecule has 1 aromatic heterocycles. The summed E-state index contributed by atoms with van der Waals surface area (Å²) in [5, 5.41) is 5.87. The Morgan fingerprint density at radius 2 is 1.75 bits per heavy atom. The molecule has 0 spiro atoms. The lowest BCUT2D eigenvalue weighted by Gasteiger charge is -2.09. The molecule has 0 unspecified atom stereocenters. The molecule has 0 bridgehead atoms. The van der Waals surface area contributed by atoms with E-state index in [0.29, 0.717) is 11.7 Å². The number of rotatable bonds is 6. The van der Waals surface area contributed by atoms with Crippen LogP contribution in [0.3, 0.4) is 0 Å². The third-order valence-corrected chi connectivity index (χ3v) is 4.81. The van der Waals surface area contributed by atoms with Gasteiger partial charge in [0.25, 0.3) is 10.0 Å². The zero-order chi connectivity index (χ0) is 17.2. The summed E-state index contributed by atoms with van der Waals surface area (Å²) in [6.07, 6.45) is 3.92. The molecule has 1 saturated carbocycles. The summed E-state index contributed by atoms with van der Waals surface area (Å²) < 4.78 is 27.1. The second-order valence-corrected chi connectivity index (χ2v) is 7.34. The second-order valence-electron chi connectivity index (χ2n) is 5.66. The van der Waals surface area contributed by atoms with Crippen LogP contribution in [0.25, 0.3) is 0 Å². The Labute approximate surface area is 140 Å². The Kier molecular flexibility index (Phi) is 4.39. The maximum absolute atomic E-state index is 12.4. The molecule has 3 N–H and O–H groups in total. The van der Waals surface area contributed by atoms with Crippen molar-refractivity contribution >= 4 is 33.1 Å². The molecule has 1 amide bonds. The highest BCUT2D eigenvalue weighted by Crippen LogP contribution is 2.25. The van der Waals surface area contributed by atoms with Crippen molar-refractivity contribution < 1.29 is 13.2 Å². The fourth-order valence-corrected chi connectivity index (χ4v) is 3.13. The summed E-state index contributed by atoms with van der Waals surface area (Å²) in [6.45, 7) is 1.39. The number of anilines is 3. The highest BCUT2D eigenvalue weighted by atomic mass is 32.2. The monoisotopic (exact) mass is 346 g/mol. The highest BCUT2D eigenvalue weighted by molar-refractivity contribution is 7.92. The molecule has 1 fully saturated rings. The number of hydrogen-bond acceptors (Lipinski definition) is 5. The van der Waals surface area contributed by atoms with Gasteiger partial charge in [0.1, 0.15) is 5.82 Å². The zero-order valence-corrected chi connectivity index (χ0v) is 13.9. The number of pyridine rings is 1. The van der Waals surface area contributed by atoms with Crippen molar-refractivity contribution in [3.63, 3.8) is 0 Å². The Balaban J connectivity index is 1.69. The molecular weight excluding hydrogens is 328 g/mol. The Morgan fingerprint density at radius 1 is 1.08 bits per heavy atom. The molecule has 7 nitrogen and oxygen atoms in total. The van der Waals surface area contributed by atoms with E-state index in [1.807, 2.05) is 0 Å². The first kappa shape index (κ1) is 16.3. The van der Waals surface area contributed by atoms with E-state index in [1.54, 1.807) is 18.3 Å². The van der Waals surface area contributed by atoms with E-state index >= 15 is 0 Å². The van der Waals surface area contributed by atoms with Crippen molar-refractivity contribution in [3.8, 4) is 0 Å². The molecule has 1 aliphatic carbocycles. The predicted molar refractivity (Wildman–Crippen MR) is 92.4 cm³/mol. The van der Waals surface area contributed by atoms with Crippen LogP contribution in [0.2, 0.25) is 0 Å². The molecule has 1 heterocycles. The van der Waals surface area contributed by atoms with Gasteiger partial charge in [-0.1, -0.05) is 0 Å². The van der Waals surface area contributed by atoms with E-state index in [9.17, 15) is 13.2 Å². The van der Waals surface area contributed by atoms with Gasteiger partial charge in [-0.05, 0) is 49.2 Å². The van der Waals surface area contributed by atoms with E-state index in [-0.39, 0.29) is 16.6 Å². The van der Waals surface area contributed by atoms with Gasteiger partial charge in [0.05, 0.1) is 16.8 Å². The van der Waals surface area contributed by atoms with E-state index in [2.05, 4.69) is 20.3 Å². The van der Waals surface area contributed by atoms with Crippen LogP contribution < -0.4 is 15.4 Å². The molecule has 3 rings (SSSR count). The van der Waals surface area contributed by atoms with Crippen LogP contribution in [0.5, 0.6) is 0 Å². The average Bonchev–Trinajstić information content (AvgIpc) is 3.33. The van der Waals surface area contributed by atoms with Crippen molar-refractivity contribution in [2.45, 2.75) is 30.7 Å². The third-order valence-electron chi connectivity index (χ3n) is 3.44. The molecule has 0 aliphatic heterocycles. The third kappa shape index (κ3) is 4.23. The van der Waals surface area contributed by atoms with Crippen LogP contribution in [0.1, 0.15) is 19.8 Å². The summed E-state index contributed by atoms with van der Waals surface area (Å²) >= 11 is 0. The molecule has 1 aliphatic rings. The number of carbonyl (C=O) groups excluding carboxylic acids is 1. The highest BCUT2D eigenvalue weighted by Gasteiger charge is 2.21. The summed E-state index contributed by atoms with van der Waals surface area (Å²) in [5.41, 5.74) is 1.41. The van der Waals surface area contributed by atoms with Crippen molar-refractivity contribution in [1.29, 1.82) is 0 Å². The summed E-state index contributed by atoms with van der Waals surface area (Å²) in [5.74, 6) is 0.0371. The van der Waals surface area contributed by atoms with Gasteiger partial charge in [0, 0.05) is 18.7 Å². The van der Waals surface area contributed by atoms with Gasteiger partial charge in [-0.15, -0.1) is 0 Å². The molecule has 2 aromatic rings. The fraction of sp³-hybridized carbons (Fsp3) is 0.250. The molecule has 1 aromatic carbocycles. The standard InChI is InChI=1S/C16H18N4O3S/c1-11(21)18-12-4-7-15(8-5-12)24(22,23)20-16-9-6-14(10-17-16)19-13-2-3-13/h4-10,13,19H,2-3H2,1H3,(H,17,20)(H,18,21). The van der Waals surface area contributed by atoms with Gasteiger partial charge in [-0.3, -0.25) is 9.52 Å². The number of nitrogens with zero attached hydrogens (tertiary/aromatic N) is 1. The van der Waals surface area contributed by atoms with Crippen LogP contribution in [-0.2, 0) is 14.8 Å². The number of hydrogen-bond donors (Lipinski definition) is 3. The number of carbonyl (C=O) groups is 1. The van der Waals surface area contributed by atoms with E-state index in [4.69, 9.17) is 0 Å². The van der Waals surface area contributed by atoms with E-state index in [0.717, 1.165) is 18.5 Å². The number of sulfonamides is 1. The molecule has 24 heavy (non-hydrogen) atoms. The van der Waals surface area contributed by atoms with Crippen LogP contribution in [0, 0.1) is 0 Å². The van der Waals surface area contributed by atoms with Gasteiger partial charge < -0.3 is 10.6 Å². The van der Waals surface area contributed by atoms with E-state index in [1.165, 1.54) is 31.2 Å². The predicted octanol–water partition coefficient (Wildman–Crippen LogP) is 2.42. The summed E-state index contributed by atoms with van der Waals surface area (Å²) in [7, 11) is -3.73. The van der Waals surface area contributed by atoms with Gasteiger partial charge in [0.15, 0.2) is 0 Å². The van der Waals surface area contributed by atoms with Crippen LogP contribution in [0.15, 0.2) is 47.5 Å². The second kappa shape index (κ2) is 6.48. The van der Waals surface area contributed by atoms with Crippen molar-refractivity contribution in [1.82, 2.24) is 4.98 Å². The van der Waals surface area contributed by atoms with Gasteiger partial charge in [-0.25, -0.2) is 13.4 Å². The summed E-state index contributed by atoms with van der Waals surface area (Å²) in [4.78, 5) is 15.2. The van der Waals surface area contributed by atoms with Crippen molar-refractivity contribution in [2.75, 3.05) is 15.4 Å². The molecule has 0 saturated heterocycles. The van der Waals surface area contributed by atoms with Crippen LogP contribution in [0.4, 0.5) is 17.2 Å². The lowest BCUT2D eigenvalue weighted by atomic mass is 10.3. The minimum atomic E-state index is -3.73. The number of nitrogens with one attached hydrogen (secondary N) is 3. The molecule has 0 radical (unpaired) electrons. The Morgan fingerprint density at radius 3 is 2.29 bits per heavy atom. The number of amides is 1. The minimum Gasteiger partial charge on any atom is -0.381 e. The number of aromatic nitrogens is 1. The smallest absolute Gasteiger partial charge is 0.263 e. The molecule has 126 valence electrons. The first-order chi connectivity index (χ1) is 11.4. The van der Waals surface area contributed by atoms with Gasteiger partial charge >= 0.3 is 0 Å². The van der Waals surface area contributed by atoms with Crippen molar-refractivity contribution in [2.24, 2.45) is 0 Å². The van der Waals surface area contributed by atoms with Crippen LogP contribution >= 0.6 is 0 Å². The number of benzene rings is 1. The molecular formula is C16H18N4O3S. The maximum Gasteiger partial charge on any atom is 0.263 e. The van der Waals surface area contributed by atoms with Crippen molar-refractivity contribution in [3.05, 3.63) is 42.6 Å². The summed E-state index contributed by atoms with van der Waals surface area (Å²) in [6, 6.07) is 9.85. The lowest BCUT2D eigenvalue weighted by molar-refractivity contribution is -0.114. The largest absolute Gasteiger partial charge is 0.381 e. The Bertz CT molecular complexity index is 829. The zero-order valence-electron chi connectivity index (χ0n) is 13.1. The SMILES string of the molecule is CC(=O)Nc1ccc(S(=O)(=O)Nc2ccc(NC3CC3)cn2)cc1. The quantitative estimate of drug-likeness (QED) is 0.746. The van der Waals surface area contributed by atoms with Crippen LogP contribution in [-0.4, -0.2) is 25.4 Å². The fourth-order valence-electron chi connectivity index (χ4n) is 2.12.